The van der Waals surface area contributed by atoms with Gasteiger partial charge in [0.05, 0.1) is 12.4 Å². The number of esters is 1. The Bertz CT molecular complexity index is 423. The molecule has 6 heteroatoms. The van der Waals surface area contributed by atoms with E-state index >= 15 is 0 Å². The van der Waals surface area contributed by atoms with Crippen LogP contribution in [0, 0.1) is 0 Å². The fourth-order valence-electron chi connectivity index (χ4n) is 1.96. The van der Waals surface area contributed by atoms with Gasteiger partial charge in [0.2, 0.25) is 0 Å². The van der Waals surface area contributed by atoms with Gasteiger partial charge in [-0.3, -0.25) is 9.59 Å². The minimum atomic E-state index is -0.275. The third kappa shape index (κ3) is 4.70. The van der Waals surface area contributed by atoms with E-state index < -0.39 is 0 Å². The van der Waals surface area contributed by atoms with Crippen molar-refractivity contribution in [3.63, 3.8) is 0 Å². The van der Waals surface area contributed by atoms with E-state index in [4.69, 9.17) is 13.9 Å². The van der Waals surface area contributed by atoms with E-state index in [2.05, 4.69) is 5.32 Å². The zero-order chi connectivity index (χ0) is 14.2. The summed E-state index contributed by atoms with van der Waals surface area (Å²) in [6.07, 6.45) is 4.30. The summed E-state index contributed by atoms with van der Waals surface area (Å²) in [5, 5.41) is 2.67. The largest absolute Gasteiger partial charge is 0.463 e. The second kappa shape index (κ2) is 7.69. The first-order valence-electron chi connectivity index (χ1n) is 6.84. The Morgan fingerprint density at radius 3 is 3.05 bits per heavy atom. The number of amides is 1. The van der Waals surface area contributed by atoms with Crippen molar-refractivity contribution in [1.82, 2.24) is 5.32 Å². The summed E-state index contributed by atoms with van der Waals surface area (Å²) in [5.74, 6) is -0.263. The summed E-state index contributed by atoms with van der Waals surface area (Å²) in [4.78, 5) is 23.0. The van der Waals surface area contributed by atoms with Crippen molar-refractivity contribution >= 4 is 11.9 Å². The average molecular weight is 281 g/mol. The molecule has 1 unspecified atom stereocenters. The van der Waals surface area contributed by atoms with Gasteiger partial charge in [-0.15, -0.1) is 0 Å². The maximum atomic E-state index is 11.5. The topological polar surface area (TPSA) is 77.8 Å². The third-order valence-corrected chi connectivity index (χ3v) is 3.04. The molecule has 110 valence electrons. The lowest BCUT2D eigenvalue weighted by molar-refractivity contribution is -0.146. The van der Waals surface area contributed by atoms with Crippen LogP contribution in [0.4, 0.5) is 0 Å². The zero-order valence-electron chi connectivity index (χ0n) is 11.3. The van der Waals surface area contributed by atoms with Gasteiger partial charge in [-0.2, -0.15) is 0 Å². The number of hydrogen-bond donors (Lipinski definition) is 1. The summed E-state index contributed by atoms with van der Waals surface area (Å²) in [5.41, 5.74) is 0. The Morgan fingerprint density at radius 1 is 1.45 bits per heavy atom. The van der Waals surface area contributed by atoms with Gasteiger partial charge in [0.15, 0.2) is 5.76 Å². The monoisotopic (exact) mass is 281 g/mol. The molecule has 20 heavy (non-hydrogen) atoms. The minimum Gasteiger partial charge on any atom is -0.463 e. The molecule has 0 spiro atoms. The summed E-state index contributed by atoms with van der Waals surface area (Å²) in [7, 11) is 0. The molecule has 1 atom stereocenters. The van der Waals surface area contributed by atoms with E-state index in [1.54, 1.807) is 12.1 Å². The van der Waals surface area contributed by atoms with Crippen LogP contribution in [-0.2, 0) is 14.3 Å². The number of furan rings is 1. The summed E-state index contributed by atoms with van der Waals surface area (Å²) < 4.78 is 15.4. The summed E-state index contributed by atoms with van der Waals surface area (Å²) in [6.45, 7) is 1.49. The van der Waals surface area contributed by atoms with E-state index in [0.717, 1.165) is 19.4 Å². The Kier molecular flexibility index (Phi) is 5.61. The molecule has 1 fully saturated rings. The number of rotatable bonds is 7. The molecular weight excluding hydrogens is 262 g/mol. The van der Waals surface area contributed by atoms with Crippen LogP contribution in [0.1, 0.15) is 36.2 Å². The highest BCUT2D eigenvalue weighted by Gasteiger charge is 2.17. The number of hydrogen-bond acceptors (Lipinski definition) is 5. The predicted molar refractivity (Wildman–Crippen MR) is 70.2 cm³/mol. The van der Waals surface area contributed by atoms with Crippen LogP contribution in [0.5, 0.6) is 0 Å². The molecule has 0 bridgehead atoms. The molecule has 0 saturated carbocycles. The maximum absolute atomic E-state index is 11.5. The normalized spacial score (nSPS) is 17.9. The van der Waals surface area contributed by atoms with Crippen molar-refractivity contribution in [2.45, 2.75) is 31.8 Å². The smallest absolute Gasteiger partial charge is 0.305 e. The Morgan fingerprint density at radius 2 is 2.35 bits per heavy atom. The minimum absolute atomic E-state index is 0.0533. The van der Waals surface area contributed by atoms with Gasteiger partial charge in [0, 0.05) is 19.6 Å². The van der Waals surface area contributed by atoms with Gasteiger partial charge in [-0.1, -0.05) is 0 Å². The fraction of sp³-hybridized carbons (Fsp3) is 0.571. The highest BCUT2D eigenvalue weighted by molar-refractivity contribution is 5.91. The molecule has 2 rings (SSSR count). The maximum Gasteiger partial charge on any atom is 0.305 e. The van der Waals surface area contributed by atoms with Crippen molar-refractivity contribution in [1.29, 1.82) is 0 Å². The van der Waals surface area contributed by atoms with Crippen molar-refractivity contribution < 1.29 is 23.5 Å². The number of ether oxygens (including phenoxy) is 2. The van der Waals surface area contributed by atoms with Crippen molar-refractivity contribution in [2.24, 2.45) is 0 Å². The lowest BCUT2D eigenvalue weighted by Gasteiger charge is -2.10. The molecule has 0 aromatic carbocycles. The standard InChI is InChI=1S/C14H19NO5/c16-13(20-10-11-4-2-8-18-11)6-1-7-15-14(17)12-5-3-9-19-12/h3,5,9,11H,1-2,4,6-8,10H2,(H,15,17). The first kappa shape index (κ1) is 14.6. The van der Waals surface area contributed by atoms with Gasteiger partial charge in [-0.25, -0.2) is 0 Å². The van der Waals surface area contributed by atoms with E-state index in [1.165, 1.54) is 6.26 Å². The SMILES string of the molecule is O=C(CCCNC(=O)c1ccco1)OCC1CCCO1. The lowest BCUT2D eigenvalue weighted by atomic mass is 10.2. The van der Waals surface area contributed by atoms with Gasteiger partial charge in [0.25, 0.3) is 5.91 Å². The molecular formula is C14H19NO5. The highest BCUT2D eigenvalue weighted by atomic mass is 16.6. The van der Waals surface area contributed by atoms with Crippen molar-refractivity contribution in [3.05, 3.63) is 24.2 Å². The molecule has 6 nitrogen and oxygen atoms in total. The highest BCUT2D eigenvalue weighted by Crippen LogP contribution is 2.12. The fourth-order valence-corrected chi connectivity index (χ4v) is 1.96. The Balaban J connectivity index is 1.52. The van der Waals surface area contributed by atoms with Gasteiger partial charge < -0.3 is 19.2 Å². The lowest BCUT2D eigenvalue weighted by Crippen LogP contribution is -2.25. The second-order valence-corrected chi connectivity index (χ2v) is 4.65. The predicted octanol–water partition coefficient (Wildman–Crippen LogP) is 1.51. The number of nitrogens with one attached hydrogen (secondary N) is 1. The van der Waals surface area contributed by atoms with Crippen LogP contribution in [0.25, 0.3) is 0 Å². The molecule has 0 aliphatic carbocycles. The van der Waals surface area contributed by atoms with Crippen LogP contribution >= 0.6 is 0 Å². The van der Waals surface area contributed by atoms with Crippen LogP contribution in [0.15, 0.2) is 22.8 Å². The van der Waals surface area contributed by atoms with Crippen LogP contribution in [0.2, 0.25) is 0 Å². The molecule has 1 amide bonds. The van der Waals surface area contributed by atoms with Crippen molar-refractivity contribution in [2.75, 3.05) is 19.8 Å². The molecule has 2 heterocycles. The zero-order valence-corrected chi connectivity index (χ0v) is 11.3. The summed E-state index contributed by atoms with van der Waals surface area (Å²) >= 11 is 0. The Hall–Kier alpha value is -1.82. The van der Waals surface area contributed by atoms with Gasteiger partial charge in [-0.05, 0) is 31.4 Å². The number of carbonyl (C=O) groups excluding carboxylic acids is 2. The molecule has 1 aromatic rings. The van der Waals surface area contributed by atoms with E-state index in [1.807, 2.05) is 0 Å². The summed E-state index contributed by atoms with van der Waals surface area (Å²) in [6, 6.07) is 3.24. The molecule has 1 aliphatic heterocycles. The first-order chi connectivity index (χ1) is 9.75. The van der Waals surface area contributed by atoms with E-state index in [-0.39, 0.29) is 30.2 Å². The number of carbonyl (C=O) groups is 2. The molecule has 1 N–H and O–H groups in total. The van der Waals surface area contributed by atoms with Crippen LogP contribution in [-0.4, -0.2) is 37.7 Å². The first-order valence-corrected chi connectivity index (χ1v) is 6.84. The van der Waals surface area contributed by atoms with Gasteiger partial charge >= 0.3 is 5.97 Å². The van der Waals surface area contributed by atoms with Crippen LogP contribution < -0.4 is 5.32 Å². The van der Waals surface area contributed by atoms with Gasteiger partial charge in [0.1, 0.15) is 6.61 Å². The molecule has 1 aliphatic rings. The third-order valence-electron chi connectivity index (χ3n) is 3.04. The molecule has 1 saturated heterocycles. The van der Waals surface area contributed by atoms with Crippen LogP contribution in [0.3, 0.4) is 0 Å². The van der Waals surface area contributed by atoms with E-state index in [0.29, 0.717) is 19.6 Å². The second-order valence-electron chi connectivity index (χ2n) is 4.65. The van der Waals surface area contributed by atoms with Crippen molar-refractivity contribution in [3.8, 4) is 0 Å². The average Bonchev–Trinajstić information content (AvgIpc) is 3.13. The quantitative estimate of drug-likeness (QED) is 0.605. The molecule has 0 radical (unpaired) electrons. The Labute approximate surface area is 117 Å². The van der Waals surface area contributed by atoms with E-state index in [9.17, 15) is 9.59 Å². The molecule has 1 aromatic heterocycles.